The molecule has 0 spiro atoms. The Balaban J connectivity index is 1.50. The standard InChI is InChI=1S/C22H20ClFN4O4/c1-25-19(29)18-9-13-8-16(2-3-17(13)27-18)28-5-4-22(32,21(28)31)20(30)26-11-12-6-14(23)10-15(24)7-12/h2-3,6-10,27,32H,4-5,11H2,1H3,(H,25,29)(H,26,30). The third-order valence-electron chi connectivity index (χ3n) is 5.43. The smallest absolute Gasteiger partial charge is 0.268 e. The van der Waals surface area contributed by atoms with Gasteiger partial charge >= 0.3 is 0 Å². The van der Waals surface area contributed by atoms with Gasteiger partial charge in [0.25, 0.3) is 17.7 Å². The van der Waals surface area contributed by atoms with E-state index in [4.69, 9.17) is 11.6 Å². The van der Waals surface area contributed by atoms with Crippen LogP contribution in [0.4, 0.5) is 10.1 Å². The molecule has 2 heterocycles. The van der Waals surface area contributed by atoms with Gasteiger partial charge in [0.15, 0.2) is 0 Å². The van der Waals surface area contributed by atoms with Crippen LogP contribution in [0.15, 0.2) is 42.5 Å². The maximum absolute atomic E-state index is 13.5. The van der Waals surface area contributed by atoms with Crippen LogP contribution in [-0.2, 0) is 16.1 Å². The van der Waals surface area contributed by atoms with Gasteiger partial charge in [-0.15, -0.1) is 0 Å². The van der Waals surface area contributed by atoms with Crippen LogP contribution in [0.3, 0.4) is 0 Å². The first-order valence-corrected chi connectivity index (χ1v) is 10.2. The minimum atomic E-state index is -2.24. The van der Waals surface area contributed by atoms with Gasteiger partial charge in [-0.05, 0) is 48.0 Å². The number of carbonyl (C=O) groups is 3. The molecule has 3 aromatic rings. The molecule has 2 aromatic carbocycles. The molecule has 1 unspecified atom stereocenters. The molecular formula is C22H20ClFN4O4. The van der Waals surface area contributed by atoms with Crippen molar-refractivity contribution in [2.45, 2.75) is 18.6 Å². The molecule has 166 valence electrons. The van der Waals surface area contributed by atoms with Crippen molar-refractivity contribution < 1.29 is 23.9 Å². The summed E-state index contributed by atoms with van der Waals surface area (Å²) in [4.78, 5) is 41.7. The average molecular weight is 459 g/mol. The molecule has 0 bridgehead atoms. The molecule has 0 aliphatic carbocycles. The van der Waals surface area contributed by atoms with Gasteiger partial charge in [-0.2, -0.15) is 0 Å². The monoisotopic (exact) mass is 458 g/mol. The number of nitrogens with one attached hydrogen (secondary N) is 3. The fraction of sp³-hybridized carbons (Fsp3) is 0.227. The molecule has 1 aliphatic heterocycles. The Hall–Kier alpha value is -3.43. The lowest BCUT2D eigenvalue weighted by Gasteiger charge is -2.22. The number of hydrogen-bond acceptors (Lipinski definition) is 4. The highest BCUT2D eigenvalue weighted by molar-refractivity contribution is 6.30. The second-order valence-electron chi connectivity index (χ2n) is 7.56. The van der Waals surface area contributed by atoms with E-state index < -0.39 is 23.2 Å². The van der Waals surface area contributed by atoms with Crippen molar-refractivity contribution in [2.24, 2.45) is 0 Å². The number of H-pyrrole nitrogens is 1. The van der Waals surface area contributed by atoms with E-state index in [0.717, 1.165) is 6.07 Å². The summed E-state index contributed by atoms with van der Waals surface area (Å²) in [6.45, 7) is 0.0380. The minimum Gasteiger partial charge on any atom is -0.372 e. The molecule has 8 nitrogen and oxygen atoms in total. The van der Waals surface area contributed by atoms with Crippen molar-refractivity contribution in [1.82, 2.24) is 15.6 Å². The van der Waals surface area contributed by atoms with E-state index in [1.165, 1.54) is 24.1 Å². The first-order valence-electron chi connectivity index (χ1n) is 9.84. The summed E-state index contributed by atoms with van der Waals surface area (Å²) in [5.41, 5.74) is -0.261. The number of rotatable bonds is 5. The molecule has 10 heteroatoms. The Labute approximate surface area is 187 Å². The van der Waals surface area contributed by atoms with Crippen molar-refractivity contribution in [3.63, 3.8) is 0 Å². The van der Waals surface area contributed by atoms with E-state index in [1.807, 2.05) is 0 Å². The molecule has 1 aromatic heterocycles. The van der Waals surface area contributed by atoms with Crippen molar-refractivity contribution >= 4 is 45.9 Å². The van der Waals surface area contributed by atoms with Gasteiger partial charge in [0, 0.05) is 48.2 Å². The largest absolute Gasteiger partial charge is 0.372 e. The highest BCUT2D eigenvalue weighted by Crippen LogP contribution is 2.31. The van der Waals surface area contributed by atoms with Crippen molar-refractivity contribution in [2.75, 3.05) is 18.5 Å². The Bertz CT molecular complexity index is 1220. The van der Waals surface area contributed by atoms with Crippen LogP contribution in [0.2, 0.25) is 5.02 Å². The number of aliphatic hydroxyl groups is 1. The lowest BCUT2D eigenvalue weighted by atomic mass is 10.0. The zero-order chi connectivity index (χ0) is 23.0. The quantitative estimate of drug-likeness (QED) is 0.438. The van der Waals surface area contributed by atoms with Crippen LogP contribution in [0.5, 0.6) is 0 Å². The highest BCUT2D eigenvalue weighted by Gasteiger charge is 2.51. The van der Waals surface area contributed by atoms with Gasteiger partial charge < -0.3 is 25.6 Å². The normalized spacial score (nSPS) is 18.2. The Morgan fingerprint density at radius 1 is 1.25 bits per heavy atom. The maximum atomic E-state index is 13.5. The molecule has 1 atom stereocenters. The number of nitrogens with zero attached hydrogens (tertiary/aromatic N) is 1. The second kappa shape index (κ2) is 8.25. The fourth-order valence-corrected chi connectivity index (χ4v) is 3.99. The summed E-state index contributed by atoms with van der Waals surface area (Å²) in [7, 11) is 1.52. The van der Waals surface area contributed by atoms with Crippen molar-refractivity contribution in [3.05, 3.63) is 64.6 Å². The number of hydrogen-bond donors (Lipinski definition) is 4. The van der Waals surface area contributed by atoms with E-state index in [0.29, 0.717) is 27.8 Å². The first kappa shape index (κ1) is 21.8. The number of halogens is 2. The predicted octanol–water partition coefficient (Wildman–Crippen LogP) is 2.10. The molecule has 1 aliphatic rings. The summed E-state index contributed by atoms with van der Waals surface area (Å²) in [5, 5.41) is 16.7. The summed E-state index contributed by atoms with van der Waals surface area (Å²) in [6, 6.07) is 10.6. The molecule has 4 N–H and O–H groups in total. The molecule has 1 saturated heterocycles. The van der Waals surface area contributed by atoms with Gasteiger partial charge in [0.1, 0.15) is 11.5 Å². The van der Waals surface area contributed by atoms with Crippen molar-refractivity contribution in [1.29, 1.82) is 0 Å². The number of aromatic nitrogens is 1. The Kier molecular flexibility index (Phi) is 5.62. The van der Waals surface area contributed by atoms with Crippen LogP contribution in [0.1, 0.15) is 22.5 Å². The van der Waals surface area contributed by atoms with E-state index in [2.05, 4.69) is 15.6 Å². The first-order chi connectivity index (χ1) is 15.2. The molecular weight excluding hydrogens is 439 g/mol. The van der Waals surface area contributed by atoms with Gasteiger partial charge in [0.2, 0.25) is 5.60 Å². The number of fused-ring (bicyclic) bond motifs is 1. The van der Waals surface area contributed by atoms with Gasteiger partial charge in [0.05, 0.1) is 0 Å². The van der Waals surface area contributed by atoms with E-state index in [-0.39, 0.29) is 30.4 Å². The van der Waals surface area contributed by atoms with E-state index in [9.17, 15) is 23.9 Å². The minimum absolute atomic E-state index is 0.0938. The summed E-state index contributed by atoms with van der Waals surface area (Å²) in [6.07, 6.45) is -0.101. The Morgan fingerprint density at radius 2 is 2.03 bits per heavy atom. The highest BCUT2D eigenvalue weighted by atomic mass is 35.5. The summed E-state index contributed by atoms with van der Waals surface area (Å²) >= 11 is 5.81. The Morgan fingerprint density at radius 3 is 2.75 bits per heavy atom. The second-order valence-corrected chi connectivity index (χ2v) is 8.00. The van der Waals surface area contributed by atoms with Crippen LogP contribution in [0, 0.1) is 5.82 Å². The third kappa shape index (κ3) is 3.92. The zero-order valence-electron chi connectivity index (χ0n) is 17.0. The summed E-state index contributed by atoms with van der Waals surface area (Å²) < 4.78 is 13.5. The predicted molar refractivity (Wildman–Crippen MR) is 117 cm³/mol. The average Bonchev–Trinajstić information content (AvgIpc) is 3.32. The molecule has 1 fully saturated rings. The molecule has 4 rings (SSSR count). The lowest BCUT2D eigenvalue weighted by molar-refractivity contribution is -0.149. The molecule has 3 amide bonds. The fourth-order valence-electron chi connectivity index (χ4n) is 3.75. The van der Waals surface area contributed by atoms with Gasteiger partial charge in [-0.3, -0.25) is 14.4 Å². The summed E-state index contributed by atoms with van der Waals surface area (Å²) in [5.74, 6) is -2.45. The number of aromatic amines is 1. The van der Waals surface area contributed by atoms with Crippen LogP contribution in [-0.4, -0.2) is 47.0 Å². The van der Waals surface area contributed by atoms with Crippen LogP contribution >= 0.6 is 11.6 Å². The number of amides is 3. The van der Waals surface area contributed by atoms with E-state index >= 15 is 0 Å². The van der Waals surface area contributed by atoms with Crippen LogP contribution < -0.4 is 15.5 Å². The number of carbonyl (C=O) groups excluding carboxylic acids is 3. The number of anilines is 1. The topological polar surface area (TPSA) is 115 Å². The van der Waals surface area contributed by atoms with Gasteiger partial charge in [-0.25, -0.2) is 4.39 Å². The zero-order valence-corrected chi connectivity index (χ0v) is 17.8. The lowest BCUT2D eigenvalue weighted by Crippen LogP contribution is -2.52. The number of benzene rings is 2. The van der Waals surface area contributed by atoms with Crippen LogP contribution in [0.25, 0.3) is 10.9 Å². The van der Waals surface area contributed by atoms with Gasteiger partial charge in [-0.1, -0.05) is 11.6 Å². The third-order valence-corrected chi connectivity index (χ3v) is 5.65. The molecule has 0 saturated carbocycles. The maximum Gasteiger partial charge on any atom is 0.268 e. The van der Waals surface area contributed by atoms with E-state index in [1.54, 1.807) is 24.3 Å². The molecule has 0 radical (unpaired) electrons. The molecule has 32 heavy (non-hydrogen) atoms. The van der Waals surface area contributed by atoms with Crippen molar-refractivity contribution in [3.8, 4) is 0 Å². The SMILES string of the molecule is CNC(=O)c1cc2cc(N3CCC(O)(C(=O)NCc4cc(F)cc(Cl)c4)C3=O)ccc2[nH]1.